The van der Waals surface area contributed by atoms with E-state index in [1.807, 2.05) is 0 Å². The number of carbonyl (C=O) groups excluding carboxylic acids is 1. The molecule has 8 nitrogen and oxygen atoms in total. The predicted octanol–water partition coefficient (Wildman–Crippen LogP) is 5.06. The molecule has 2 saturated carbocycles. The number of nitrogens with one attached hydrogen (secondary N) is 1. The van der Waals surface area contributed by atoms with Crippen LogP contribution in [-0.4, -0.2) is 45.2 Å². The number of halogens is 1. The van der Waals surface area contributed by atoms with Crippen molar-refractivity contribution in [1.82, 2.24) is 10.3 Å². The molecule has 11 heteroatoms. The molecule has 2 aromatic carbocycles. The number of anilines is 1. The summed E-state index contributed by atoms with van der Waals surface area (Å²) in [4.78, 5) is 21.9. The Morgan fingerprint density at radius 3 is 2.29 bits per heavy atom. The average Bonchev–Trinajstić information content (AvgIpc) is 3.65. The zero-order valence-electron chi connectivity index (χ0n) is 23.2. The number of hydrogen-bond acceptors (Lipinski definition) is 8. The third-order valence-corrected chi connectivity index (χ3v) is 10.6. The molecule has 1 unspecified atom stereocenters. The van der Waals surface area contributed by atoms with E-state index in [1.165, 1.54) is 18.3 Å². The summed E-state index contributed by atoms with van der Waals surface area (Å²) in [6.45, 7) is 1.57. The van der Waals surface area contributed by atoms with Crippen LogP contribution >= 0.6 is 11.3 Å². The summed E-state index contributed by atoms with van der Waals surface area (Å²) >= 11 is 1.58. The van der Waals surface area contributed by atoms with Gasteiger partial charge in [-0.05, 0) is 67.6 Å². The van der Waals surface area contributed by atoms with Crippen LogP contribution in [0.15, 0.2) is 48.5 Å². The average molecular weight is 605 g/mol. The van der Waals surface area contributed by atoms with Crippen LogP contribution in [-0.2, 0) is 15.6 Å². The van der Waals surface area contributed by atoms with Crippen molar-refractivity contribution in [1.29, 1.82) is 10.5 Å². The summed E-state index contributed by atoms with van der Waals surface area (Å²) in [6.07, 6.45) is 6.31. The van der Waals surface area contributed by atoms with Crippen molar-refractivity contribution in [2.75, 3.05) is 29.5 Å². The van der Waals surface area contributed by atoms with E-state index in [1.54, 1.807) is 23.5 Å². The molecule has 0 bridgehead atoms. The van der Waals surface area contributed by atoms with Crippen LogP contribution < -0.4 is 16.0 Å². The summed E-state index contributed by atoms with van der Waals surface area (Å²) < 4.78 is 25.5. The van der Waals surface area contributed by atoms with Gasteiger partial charge in [0.15, 0.2) is 6.19 Å². The van der Waals surface area contributed by atoms with Crippen LogP contribution in [0.5, 0.6) is 0 Å². The number of nitrogens with two attached hydrogens (primary N) is 1. The van der Waals surface area contributed by atoms with Gasteiger partial charge in [0.25, 0.3) is 0 Å². The van der Waals surface area contributed by atoms with Gasteiger partial charge in [0.1, 0.15) is 16.4 Å². The van der Waals surface area contributed by atoms with Crippen molar-refractivity contribution in [3.63, 3.8) is 0 Å². The fourth-order valence-corrected chi connectivity index (χ4v) is 7.91. The maximum atomic E-state index is 13.7. The second kappa shape index (κ2) is 13.0. The number of nitriles is 2. The molecular formula is C31H33FN6O2S2. The van der Waals surface area contributed by atoms with Crippen molar-refractivity contribution in [3.8, 4) is 33.3 Å². The van der Waals surface area contributed by atoms with Gasteiger partial charge < -0.3 is 16.0 Å². The van der Waals surface area contributed by atoms with E-state index in [4.69, 9.17) is 10.2 Å². The van der Waals surface area contributed by atoms with E-state index in [9.17, 15) is 18.7 Å². The number of aromatic nitrogens is 1. The van der Waals surface area contributed by atoms with Gasteiger partial charge in [0.2, 0.25) is 5.91 Å². The van der Waals surface area contributed by atoms with Gasteiger partial charge in [0, 0.05) is 58.5 Å². The lowest BCUT2D eigenvalue weighted by molar-refractivity contribution is -0.127. The Labute approximate surface area is 251 Å². The molecule has 1 amide bonds. The molecule has 218 valence electrons. The van der Waals surface area contributed by atoms with Crippen molar-refractivity contribution in [2.24, 2.45) is 11.7 Å². The standard InChI is InChI=1S/C30H31FN4O2S2.CH2N2/c31-22-9-5-21(6-10-22)29-33-26(24-3-1-2-4-25(24)28(36)34-30(19-32)13-14-30)27(38-29)20-7-11-23(12-8-20)35-15-17-39(37)18-16-35;2-1-3/h5-12,24-25H,1-4,13-18H2,(H,34,36);2H2/t24-,25?;/m1./s1. The number of thiazole rings is 1. The highest BCUT2D eigenvalue weighted by Gasteiger charge is 2.47. The quantitative estimate of drug-likeness (QED) is 0.297. The predicted molar refractivity (Wildman–Crippen MR) is 163 cm³/mol. The van der Waals surface area contributed by atoms with Crippen LogP contribution in [0.2, 0.25) is 0 Å². The van der Waals surface area contributed by atoms with Gasteiger partial charge in [-0.15, -0.1) is 11.3 Å². The van der Waals surface area contributed by atoms with E-state index in [0.717, 1.165) is 71.2 Å². The number of nitrogens with zero attached hydrogens (tertiary/aromatic N) is 4. The summed E-state index contributed by atoms with van der Waals surface area (Å²) in [7, 11) is -0.725. The van der Waals surface area contributed by atoms with Gasteiger partial charge in [-0.25, -0.2) is 9.37 Å². The topological polar surface area (TPSA) is 136 Å². The normalized spacial score (nSPS) is 21.3. The molecule has 1 aromatic heterocycles. The van der Waals surface area contributed by atoms with Crippen LogP contribution in [0.4, 0.5) is 10.1 Å². The lowest BCUT2D eigenvalue weighted by atomic mass is 9.76. The Kier molecular flexibility index (Phi) is 9.20. The first kappa shape index (κ1) is 29.7. The molecule has 3 fully saturated rings. The number of amides is 1. The molecule has 1 aliphatic heterocycles. The van der Waals surface area contributed by atoms with Crippen LogP contribution in [0.25, 0.3) is 21.0 Å². The van der Waals surface area contributed by atoms with Gasteiger partial charge in [-0.1, -0.05) is 25.0 Å². The van der Waals surface area contributed by atoms with Crippen LogP contribution in [0.3, 0.4) is 0 Å². The minimum Gasteiger partial charge on any atom is -0.370 e. The van der Waals surface area contributed by atoms with Gasteiger partial charge >= 0.3 is 0 Å². The fraction of sp³-hybridized carbons (Fsp3) is 0.419. The van der Waals surface area contributed by atoms with Crippen molar-refractivity contribution in [2.45, 2.75) is 50.0 Å². The molecule has 2 heterocycles. The minimum absolute atomic E-state index is 0.0427. The molecule has 42 heavy (non-hydrogen) atoms. The number of rotatable bonds is 6. The summed E-state index contributed by atoms with van der Waals surface area (Å²) in [6, 6.07) is 17.1. The minimum atomic E-state index is -0.725. The first-order valence-electron chi connectivity index (χ1n) is 14.2. The summed E-state index contributed by atoms with van der Waals surface area (Å²) in [5, 5.41) is 20.5. The van der Waals surface area contributed by atoms with Crippen molar-refractivity contribution in [3.05, 3.63) is 60.0 Å². The summed E-state index contributed by atoms with van der Waals surface area (Å²) in [5.74, 6) is 0.771. The van der Waals surface area contributed by atoms with Crippen molar-refractivity contribution < 1.29 is 13.4 Å². The fourth-order valence-electron chi connectivity index (χ4n) is 5.72. The molecular weight excluding hydrogens is 572 g/mol. The Morgan fingerprint density at radius 1 is 1.05 bits per heavy atom. The molecule has 2 aliphatic carbocycles. The van der Waals surface area contributed by atoms with E-state index in [-0.39, 0.29) is 23.6 Å². The van der Waals surface area contributed by atoms with Gasteiger partial charge in [0.05, 0.1) is 16.6 Å². The Morgan fingerprint density at radius 2 is 1.67 bits per heavy atom. The Bertz CT molecular complexity index is 1510. The first-order chi connectivity index (χ1) is 20.4. The maximum absolute atomic E-state index is 13.7. The number of carbonyl (C=O) groups is 1. The van der Waals surface area contributed by atoms with E-state index in [2.05, 4.69) is 46.3 Å². The van der Waals surface area contributed by atoms with Gasteiger partial charge in [-0.2, -0.15) is 10.5 Å². The molecule has 3 N–H and O–H groups in total. The van der Waals surface area contributed by atoms with E-state index >= 15 is 0 Å². The smallest absolute Gasteiger partial charge is 0.225 e. The molecule has 3 aliphatic rings. The van der Waals surface area contributed by atoms with Crippen LogP contribution in [0, 0.1) is 34.5 Å². The maximum Gasteiger partial charge on any atom is 0.225 e. The number of hydrogen-bond donors (Lipinski definition) is 2. The Balaban J connectivity index is 0.00000113. The zero-order valence-corrected chi connectivity index (χ0v) is 24.9. The zero-order chi connectivity index (χ0) is 29.7. The molecule has 1 saturated heterocycles. The first-order valence-corrected chi connectivity index (χ1v) is 16.5. The monoisotopic (exact) mass is 604 g/mol. The molecule has 6 rings (SSSR count). The molecule has 3 aromatic rings. The lowest BCUT2D eigenvalue weighted by Crippen LogP contribution is -2.42. The summed E-state index contributed by atoms with van der Waals surface area (Å²) in [5.41, 5.74) is 7.38. The second-order valence-electron chi connectivity index (χ2n) is 10.9. The molecule has 0 radical (unpaired) electrons. The van der Waals surface area contributed by atoms with Gasteiger partial charge in [-0.3, -0.25) is 9.00 Å². The third kappa shape index (κ3) is 6.64. The SMILES string of the molecule is N#CC1(NC(=O)C2CCCC[C@H]2c2nc(-c3ccc(F)cc3)sc2-c2ccc(N3CCS(=O)CC3)cc2)CC1.N#CN. The Hall–Kier alpha value is -3.80. The highest BCUT2D eigenvalue weighted by Crippen LogP contribution is 2.46. The molecule has 2 atom stereocenters. The highest BCUT2D eigenvalue weighted by molar-refractivity contribution is 7.85. The van der Waals surface area contributed by atoms with Crippen molar-refractivity contribution >= 4 is 33.7 Å². The lowest BCUT2D eigenvalue weighted by Gasteiger charge is -2.31. The van der Waals surface area contributed by atoms with E-state index in [0.29, 0.717) is 24.3 Å². The van der Waals surface area contributed by atoms with E-state index < -0.39 is 16.3 Å². The second-order valence-corrected chi connectivity index (χ2v) is 13.6. The highest BCUT2D eigenvalue weighted by atomic mass is 32.2. The number of benzene rings is 2. The molecule has 0 spiro atoms. The largest absolute Gasteiger partial charge is 0.370 e. The van der Waals surface area contributed by atoms with Crippen LogP contribution in [0.1, 0.15) is 50.1 Å². The third-order valence-electron chi connectivity index (χ3n) is 8.20.